The first-order valence-electron chi connectivity index (χ1n) is 9.97. The van der Waals surface area contributed by atoms with Crippen LogP contribution in [0.1, 0.15) is 55.5 Å². The summed E-state index contributed by atoms with van der Waals surface area (Å²) in [5, 5.41) is 4.19. The molecule has 1 fully saturated rings. The molecule has 0 radical (unpaired) electrons. The average Bonchev–Trinajstić information content (AvgIpc) is 3.23. The molecule has 0 atom stereocenters. The SMILES string of the molecule is NCc1cccc(-c2noc(CCC3(c4ccccc4)CCCCC3)n2)c1. The summed E-state index contributed by atoms with van der Waals surface area (Å²) in [7, 11) is 0. The highest BCUT2D eigenvalue weighted by atomic mass is 16.5. The molecule has 1 heterocycles. The van der Waals surface area contributed by atoms with Gasteiger partial charge in [-0.25, -0.2) is 0 Å². The van der Waals surface area contributed by atoms with Crippen LogP contribution in [0, 0.1) is 0 Å². The molecule has 3 aromatic rings. The molecule has 0 unspecified atom stereocenters. The van der Waals surface area contributed by atoms with Crippen molar-refractivity contribution in [3.8, 4) is 11.4 Å². The fourth-order valence-electron chi connectivity index (χ4n) is 4.36. The van der Waals surface area contributed by atoms with Gasteiger partial charge in [0.25, 0.3) is 0 Å². The zero-order valence-corrected chi connectivity index (χ0v) is 15.7. The van der Waals surface area contributed by atoms with E-state index in [0.29, 0.717) is 12.4 Å². The topological polar surface area (TPSA) is 64.9 Å². The molecule has 140 valence electrons. The fraction of sp³-hybridized carbons (Fsp3) is 0.391. The third-order valence-electron chi connectivity index (χ3n) is 5.90. The molecule has 0 bridgehead atoms. The van der Waals surface area contributed by atoms with Crippen LogP contribution in [-0.2, 0) is 18.4 Å². The number of aryl methyl sites for hydroxylation is 1. The van der Waals surface area contributed by atoms with Gasteiger partial charge in [-0.2, -0.15) is 4.98 Å². The highest BCUT2D eigenvalue weighted by molar-refractivity contribution is 5.55. The molecule has 2 N–H and O–H groups in total. The molecular weight excluding hydrogens is 334 g/mol. The number of nitrogens with zero attached hydrogens (tertiary/aromatic N) is 2. The molecule has 1 aliphatic carbocycles. The molecule has 1 aliphatic rings. The van der Waals surface area contributed by atoms with E-state index in [0.717, 1.165) is 29.9 Å². The molecule has 4 heteroatoms. The lowest BCUT2D eigenvalue weighted by Gasteiger charge is -2.38. The molecule has 0 spiro atoms. The van der Waals surface area contributed by atoms with Crippen LogP contribution in [0.4, 0.5) is 0 Å². The Bertz CT molecular complexity index is 866. The van der Waals surface area contributed by atoms with Gasteiger partial charge in [0.2, 0.25) is 11.7 Å². The van der Waals surface area contributed by atoms with E-state index in [1.165, 1.54) is 37.7 Å². The smallest absolute Gasteiger partial charge is 0.226 e. The van der Waals surface area contributed by atoms with E-state index in [4.69, 9.17) is 10.3 Å². The average molecular weight is 361 g/mol. The van der Waals surface area contributed by atoms with Crippen molar-refractivity contribution in [2.45, 2.75) is 56.9 Å². The Hall–Kier alpha value is -2.46. The van der Waals surface area contributed by atoms with E-state index in [2.05, 4.69) is 40.5 Å². The fourth-order valence-corrected chi connectivity index (χ4v) is 4.36. The van der Waals surface area contributed by atoms with Crippen LogP contribution in [0.2, 0.25) is 0 Å². The highest BCUT2D eigenvalue weighted by Crippen LogP contribution is 2.42. The van der Waals surface area contributed by atoms with Gasteiger partial charge < -0.3 is 10.3 Å². The summed E-state index contributed by atoms with van der Waals surface area (Å²) in [6.07, 6.45) is 8.32. The van der Waals surface area contributed by atoms with Gasteiger partial charge in [-0.3, -0.25) is 0 Å². The first kappa shape index (κ1) is 17.9. The van der Waals surface area contributed by atoms with Crippen LogP contribution >= 0.6 is 0 Å². The second-order valence-electron chi connectivity index (χ2n) is 7.62. The normalized spacial score (nSPS) is 16.3. The van der Waals surface area contributed by atoms with Crippen molar-refractivity contribution >= 4 is 0 Å². The van der Waals surface area contributed by atoms with Gasteiger partial charge in [-0.15, -0.1) is 0 Å². The lowest BCUT2D eigenvalue weighted by Crippen LogP contribution is -2.29. The van der Waals surface area contributed by atoms with Crippen LogP contribution in [-0.4, -0.2) is 10.1 Å². The quantitative estimate of drug-likeness (QED) is 0.669. The van der Waals surface area contributed by atoms with Gasteiger partial charge in [0.15, 0.2) is 0 Å². The number of rotatable bonds is 6. The molecule has 4 rings (SSSR count). The summed E-state index contributed by atoms with van der Waals surface area (Å²) in [6, 6.07) is 19.0. The predicted octanol–water partition coefficient (Wildman–Crippen LogP) is 5.03. The van der Waals surface area contributed by atoms with E-state index >= 15 is 0 Å². The summed E-state index contributed by atoms with van der Waals surface area (Å²) in [5.41, 5.74) is 9.47. The van der Waals surface area contributed by atoms with Gasteiger partial charge in [0.1, 0.15) is 0 Å². The third-order valence-corrected chi connectivity index (χ3v) is 5.90. The Morgan fingerprint density at radius 3 is 2.56 bits per heavy atom. The molecule has 0 amide bonds. The third kappa shape index (κ3) is 3.96. The van der Waals surface area contributed by atoms with Crippen molar-refractivity contribution in [1.82, 2.24) is 10.1 Å². The number of hydrogen-bond acceptors (Lipinski definition) is 4. The van der Waals surface area contributed by atoms with Crippen molar-refractivity contribution in [3.63, 3.8) is 0 Å². The van der Waals surface area contributed by atoms with E-state index in [1.54, 1.807) is 0 Å². The molecule has 27 heavy (non-hydrogen) atoms. The summed E-state index contributed by atoms with van der Waals surface area (Å²) >= 11 is 0. The summed E-state index contributed by atoms with van der Waals surface area (Å²) < 4.78 is 5.57. The Labute approximate surface area is 160 Å². The summed E-state index contributed by atoms with van der Waals surface area (Å²) in [4.78, 5) is 4.65. The molecule has 0 saturated heterocycles. The number of nitrogens with two attached hydrogens (primary N) is 1. The number of hydrogen-bond donors (Lipinski definition) is 1. The van der Waals surface area contributed by atoms with Crippen molar-refractivity contribution in [1.29, 1.82) is 0 Å². The summed E-state index contributed by atoms with van der Waals surface area (Å²) in [5.74, 6) is 1.38. The number of aromatic nitrogens is 2. The highest BCUT2D eigenvalue weighted by Gasteiger charge is 2.33. The largest absolute Gasteiger partial charge is 0.339 e. The van der Waals surface area contributed by atoms with Crippen LogP contribution in [0.25, 0.3) is 11.4 Å². The van der Waals surface area contributed by atoms with Crippen LogP contribution < -0.4 is 5.73 Å². The van der Waals surface area contributed by atoms with E-state index < -0.39 is 0 Å². The second-order valence-corrected chi connectivity index (χ2v) is 7.62. The van der Waals surface area contributed by atoms with Gasteiger partial charge in [0.05, 0.1) is 0 Å². The Morgan fingerprint density at radius 2 is 1.78 bits per heavy atom. The first-order valence-corrected chi connectivity index (χ1v) is 9.97. The minimum Gasteiger partial charge on any atom is -0.339 e. The van der Waals surface area contributed by atoms with Crippen molar-refractivity contribution in [2.24, 2.45) is 5.73 Å². The van der Waals surface area contributed by atoms with E-state index in [1.807, 2.05) is 24.3 Å². The standard InChI is InChI=1S/C23H27N3O/c24-17-18-8-7-9-19(16-18)22-25-21(27-26-22)12-15-23(13-5-2-6-14-23)20-10-3-1-4-11-20/h1,3-4,7-11,16H,2,5-6,12-15,17,24H2. The Kier molecular flexibility index (Phi) is 5.35. The second kappa shape index (κ2) is 8.05. The lowest BCUT2D eigenvalue weighted by molar-refractivity contribution is 0.261. The van der Waals surface area contributed by atoms with Crippen LogP contribution in [0.3, 0.4) is 0 Å². The minimum atomic E-state index is 0.244. The van der Waals surface area contributed by atoms with Gasteiger partial charge in [-0.1, -0.05) is 73.0 Å². The zero-order valence-electron chi connectivity index (χ0n) is 15.7. The maximum absolute atomic E-state index is 5.74. The summed E-state index contributed by atoms with van der Waals surface area (Å²) in [6.45, 7) is 0.512. The van der Waals surface area contributed by atoms with Crippen molar-refractivity contribution in [3.05, 3.63) is 71.6 Å². The molecule has 4 nitrogen and oxygen atoms in total. The van der Waals surface area contributed by atoms with Crippen molar-refractivity contribution in [2.75, 3.05) is 0 Å². The van der Waals surface area contributed by atoms with Gasteiger partial charge >= 0.3 is 0 Å². The maximum Gasteiger partial charge on any atom is 0.226 e. The van der Waals surface area contributed by atoms with Crippen LogP contribution in [0.15, 0.2) is 59.1 Å². The van der Waals surface area contributed by atoms with Gasteiger partial charge in [-0.05, 0) is 41.9 Å². The maximum atomic E-state index is 5.74. The Balaban J connectivity index is 1.51. The van der Waals surface area contributed by atoms with E-state index in [-0.39, 0.29) is 5.41 Å². The molecule has 0 aliphatic heterocycles. The van der Waals surface area contributed by atoms with Gasteiger partial charge in [0, 0.05) is 18.5 Å². The molecular formula is C23H27N3O. The predicted molar refractivity (Wildman–Crippen MR) is 107 cm³/mol. The van der Waals surface area contributed by atoms with E-state index in [9.17, 15) is 0 Å². The molecule has 2 aromatic carbocycles. The minimum absolute atomic E-state index is 0.244. The van der Waals surface area contributed by atoms with Crippen LogP contribution in [0.5, 0.6) is 0 Å². The number of benzene rings is 2. The molecule has 1 aromatic heterocycles. The van der Waals surface area contributed by atoms with Crippen molar-refractivity contribution < 1.29 is 4.52 Å². The zero-order chi connectivity index (χ0) is 18.5. The first-order chi connectivity index (χ1) is 13.3. The monoisotopic (exact) mass is 361 g/mol. The lowest BCUT2D eigenvalue weighted by atomic mass is 9.67. The molecule has 1 saturated carbocycles. The Morgan fingerprint density at radius 1 is 0.963 bits per heavy atom.